The van der Waals surface area contributed by atoms with Crippen LogP contribution in [0.25, 0.3) is 0 Å². The zero-order valence-corrected chi connectivity index (χ0v) is 16.5. The summed E-state index contributed by atoms with van der Waals surface area (Å²) in [7, 11) is 0. The fourth-order valence-electron chi connectivity index (χ4n) is 2.66. The predicted molar refractivity (Wildman–Crippen MR) is 107 cm³/mol. The molecular weight excluding hydrogens is 410 g/mol. The van der Waals surface area contributed by atoms with Crippen LogP contribution in [0.1, 0.15) is 18.1 Å². The van der Waals surface area contributed by atoms with E-state index in [2.05, 4.69) is 26.6 Å². The van der Waals surface area contributed by atoms with Crippen molar-refractivity contribution in [3.8, 4) is 0 Å². The van der Waals surface area contributed by atoms with Gasteiger partial charge in [0.2, 0.25) is 17.7 Å². The van der Waals surface area contributed by atoms with Crippen LogP contribution in [-0.2, 0) is 27.2 Å². The Kier molecular flexibility index (Phi) is 7.55. The molecule has 0 aliphatic carbocycles. The van der Waals surface area contributed by atoms with E-state index in [9.17, 15) is 14.4 Å². The monoisotopic (exact) mass is 431 g/mol. The number of rotatable bonds is 8. The smallest absolute Gasteiger partial charge is 0.243 e. The van der Waals surface area contributed by atoms with E-state index in [1.165, 1.54) is 6.92 Å². The van der Waals surface area contributed by atoms with Crippen molar-refractivity contribution < 1.29 is 14.4 Å². The third-order valence-electron chi connectivity index (χ3n) is 3.99. The van der Waals surface area contributed by atoms with E-state index in [0.717, 1.165) is 15.6 Å². The normalized spacial score (nSPS) is 12.7. The summed E-state index contributed by atoms with van der Waals surface area (Å²) in [6, 6.07) is 15.1. The van der Waals surface area contributed by atoms with Crippen molar-refractivity contribution in [3.05, 3.63) is 70.2 Å². The molecule has 0 unspecified atom stereocenters. The van der Waals surface area contributed by atoms with Crippen LogP contribution in [0.3, 0.4) is 0 Å². The zero-order chi connectivity index (χ0) is 19.8. The van der Waals surface area contributed by atoms with Crippen molar-refractivity contribution >= 4 is 33.7 Å². The molecule has 4 N–H and O–H groups in total. The SMILES string of the molecule is CC(=O)N[C@@H](Cc1ccccc1)C(=O)N[C@@H](Cc1ccc(Br)cc1)C(N)=O. The average Bonchev–Trinajstić information content (AvgIpc) is 2.62. The van der Waals surface area contributed by atoms with Gasteiger partial charge in [-0.2, -0.15) is 0 Å². The first kappa shape index (κ1) is 20.6. The average molecular weight is 432 g/mol. The van der Waals surface area contributed by atoms with Gasteiger partial charge in [-0.1, -0.05) is 58.4 Å². The Bertz CT molecular complexity index is 794. The highest BCUT2D eigenvalue weighted by atomic mass is 79.9. The van der Waals surface area contributed by atoms with Gasteiger partial charge in [-0.25, -0.2) is 0 Å². The molecule has 7 heteroatoms. The van der Waals surface area contributed by atoms with E-state index in [0.29, 0.717) is 6.42 Å². The van der Waals surface area contributed by atoms with Crippen LogP contribution >= 0.6 is 15.9 Å². The molecule has 0 bridgehead atoms. The van der Waals surface area contributed by atoms with Gasteiger partial charge in [0.15, 0.2) is 0 Å². The molecule has 0 aromatic heterocycles. The van der Waals surface area contributed by atoms with Crippen LogP contribution in [0.4, 0.5) is 0 Å². The molecule has 142 valence electrons. The molecule has 27 heavy (non-hydrogen) atoms. The molecule has 0 saturated heterocycles. The molecule has 0 radical (unpaired) electrons. The standard InChI is InChI=1S/C20H22BrN3O3/c1-13(25)23-18(12-14-5-3-2-4-6-14)20(27)24-17(19(22)26)11-15-7-9-16(21)10-8-15/h2-10,17-18H,11-12H2,1H3,(H2,22,26)(H,23,25)(H,24,27)/t17-,18-/m0/s1. The van der Waals surface area contributed by atoms with Crippen molar-refractivity contribution in [1.82, 2.24) is 10.6 Å². The molecule has 2 rings (SSSR count). The minimum Gasteiger partial charge on any atom is -0.368 e. The van der Waals surface area contributed by atoms with E-state index < -0.39 is 23.9 Å². The van der Waals surface area contributed by atoms with Crippen LogP contribution in [0.2, 0.25) is 0 Å². The number of hydrogen-bond acceptors (Lipinski definition) is 3. The maximum atomic E-state index is 12.7. The van der Waals surface area contributed by atoms with Crippen LogP contribution in [0, 0.1) is 0 Å². The zero-order valence-electron chi connectivity index (χ0n) is 14.9. The number of halogens is 1. The molecule has 0 saturated carbocycles. The summed E-state index contributed by atoms with van der Waals surface area (Å²) in [6.07, 6.45) is 0.586. The van der Waals surface area contributed by atoms with Crippen molar-refractivity contribution in [2.24, 2.45) is 5.73 Å². The van der Waals surface area contributed by atoms with Gasteiger partial charge >= 0.3 is 0 Å². The first-order valence-electron chi connectivity index (χ1n) is 8.50. The number of primary amides is 1. The molecule has 0 aliphatic heterocycles. The van der Waals surface area contributed by atoms with Gasteiger partial charge in [0.25, 0.3) is 0 Å². The summed E-state index contributed by atoms with van der Waals surface area (Å²) in [5.41, 5.74) is 7.23. The van der Waals surface area contributed by atoms with Gasteiger partial charge < -0.3 is 16.4 Å². The third-order valence-corrected chi connectivity index (χ3v) is 4.52. The minimum absolute atomic E-state index is 0.270. The lowest BCUT2D eigenvalue weighted by Gasteiger charge is -2.22. The van der Waals surface area contributed by atoms with Gasteiger partial charge in [-0.3, -0.25) is 14.4 Å². The van der Waals surface area contributed by atoms with Crippen molar-refractivity contribution in [3.63, 3.8) is 0 Å². The van der Waals surface area contributed by atoms with Crippen molar-refractivity contribution in [1.29, 1.82) is 0 Å². The van der Waals surface area contributed by atoms with Crippen LogP contribution in [0.15, 0.2) is 59.1 Å². The third kappa shape index (κ3) is 6.86. The Morgan fingerprint density at radius 1 is 0.889 bits per heavy atom. The highest BCUT2D eigenvalue weighted by molar-refractivity contribution is 9.10. The fraction of sp³-hybridized carbons (Fsp3) is 0.250. The number of amides is 3. The quantitative estimate of drug-likeness (QED) is 0.592. The van der Waals surface area contributed by atoms with E-state index in [1.54, 1.807) is 0 Å². The maximum Gasteiger partial charge on any atom is 0.243 e. The molecule has 2 aromatic rings. The Morgan fingerprint density at radius 2 is 1.44 bits per heavy atom. The number of carbonyl (C=O) groups excluding carboxylic acids is 3. The van der Waals surface area contributed by atoms with Crippen LogP contribution in [0.5, 0.6) is 0 Å². The first-order chi connectivity index (χ1) is 12.8. The second kappa shape index (κ2) is 9.87. The number of nitrogens with one attached hydrogen (secondary N) is 2. The summed E-state index contributed by atoms with van der Waals surface area (Å²) < 4.78 is 0.916. The van der Waals surface area contributed by atoms with E-state index in [1.807, 2.05) is 54.6 Å². The molecule has 2 aromatic carbocycles. The van der Waals surface area contributed by atoms with Gasteiger partial charge in [-0.05, 0) is 23.3 Å². The lowest BCUT2D eigenvalue weighted by Crippen LogP contribution is -2.54. The van der Waals surface area contributed by atoms with Crippen molar-refractivity contribution in [2.45, 2.75) is 31.8 Å². The first-order valence-corrected chi connectivity index (χ1v) is 9.29. The highest BCUT2D eigenvalue weighted by Gasteiger charge is 2.25. The molecule has 0 fully saturated rings. The molecular formula is C20H22BrN3O3. The topological polar surface area (TPSA) is 101 Å². The van der Waals surface area contributed by atoms with Crippen molar-refractivity contribution in [2.75, 3.05) is 0 Å². The second-order valence-corrected chi connectivity index (χ2v) is 7.15. The molecule has 0 spiro atoms. The highest BCUT2D eigenvalue weighted by Crippen LogP contribution is 2.12. The molecule has 2 atom stereocenters. The Balaban J connectivity index is 2.10. The number of nitrogens with two attached hydrogens (primary N) is 1. The van der Waals surface area contributed by atoms with Gasteiger partial charge in [0.05, 0.1) is 0 Å². The van der Waals surface area contributed by atoms with E-state index >= 15 is 0 Å². The number of carbonyl (C=O) groups is 3. The Labute approximate surface area is 166 Å². The summed E-state index contributed by atoms with van der Waals surface area (Å²) in [4.78, 5) is 36.0. The number of benzene rings is 2. The lowest BCUT2D eigenvalue weighted by molar-refractivity contribution is -0.130. The molecule has 0 heterocycles. The summed E-state index contributed by atoms with van der Waals surface area (Å²) in [5.74, 6) is -1.41. The molecule has 0 aliphatic rings. The molecule has 6 nitrogen and oxygen atoms in total. The largest absolute Gasteiger partial charge is 0.368 e. The maximum absolute atomic E-state index is 12.7. The van der Waals surface area contributed by atoms with Crippen LogP contribution < -0.4 is 16.4 Å². The Morgan fingerprint density at radius 3 is 2.00 bits per heavy atom. The van der Waals surface area contributed by atoms with E-state index in [4.69, 9.17) is 5.73 Å². The summed E-state index contributed by atoms with van der Waals surface area (Å²) in [5, 5.41) is 5.30. The second-order valence-electron chi connectivity index (χ2n) is 6.24. The van der Waals surface area contributed by atoms with Crippen LogP contribution in [-0.4, -0.2) is 29.8 Å². The van der Waals surface area contributed by atoms with Gasteiger partial charge in [0, 0.05) is 24.2 Å². The predicted octanol–water partition coefficient (Wildman–Crippen LogP) is 1.71. The van der Waals surface area contributed by atoms with Gasteiger partial charge in [-0.15, -0.1) is 0 Å². The molecule has 3 amide bonds. The fourth-order valence-corrected chi connectivity index (χ4v) is 2.92. The minimum atomic E-state index is -0.870. The summed E-state index contributed by atoms with van der Waals surface area (Å²) in [6.45, 7) is 1.35. The lowest BCUT2D eigenvalue weighted by atomic mass is 10.0. The summed E-state index contributed by atoms with van der Waals surface area (Å²) >= 11 is 3.35. The Hall–Kier alpha value is -2.67. The van der Waals surface area contributed by atoms with E-state index in [-0.39, 0.29) is 12.3 Å². The van der Waals surface area contributed by atoms with Gasteiger partial charge in [0.1, 0.15) is 12.1 Å². The number of hydrogen-bond donors (Lipinski definition) is 3.